The second-order valence-electron chi connectivity index (χ2n) is 4.20. The van der Waals surface area contributed by atoms with Crippen LogP contribution in [0.1, 0.15) is 13.3 Å². The van der Waals surface area contributed by atoms with E-state index in [9.17, 15) is 0 Å². The molecule has 0 spiro atoms. The number of nitrogens with zero attached hydrogens (tertiary/aromatic N) is 1. The zero-order valence-corrected chi connectivity index (χ0v) is 11.3. The summed E-state index contributed by atoms with van der Waals surface area (Å²) in [5.41, 5.74) is 0. The molecule has 0 aliphatic carbocycles. The molecule has 1 N–H and O–H groups in total. The maximum Gasteiger partial charge on any atom is 0.119 e. The molecule has 102 valence electrons. The second kappa shape index (κ2) is 8.78. The van der Waals surface area contributed by atoms with Gasteiger partial charge in [0.05, 0.1) is 13.2 Å². The molecule has 0 unspecified atom stereocenters. The molecule has 0 radical (unpaired) electrons. The third-order valence-electron chi connectivity index (χ3n) is 2.52. The van der Waals surface area contributed by atoms with Gasteiger partial charge < -0.3 is 19.5 Å². The van der Waals surface area contributed by atoms with Gasteiger partial charge in [0.1, 0.15) is 18.1 Å². The van der Waals surface area contributed by atoms with Crippen molar-refractivity contribution < 1.29 is 14.6 Å². The minimum Gasteiger partial charge on any atom is -0.494 e. The van der Waals surface area contributed by atoms with Gasteiger partial charge in [0, 0.05) is 13.1 Å². The number of ether oxygens (including phenoxy) is 2. The lowest BCUT2D eigenvalue weighted by molar-refractivity contribution is 0.192. The van der Waals surface area contributed by atoms with E-state index in [0.717, 1.165) is 31.1 Å². The predicted octanol–water partition coefficient (Wildman–Crippen LogP) is 1.78. The van der Waals surface area contributed by atoms with Crippen LogP contribution in [0.2, 0.25) is 0 Å². The van der Waals surface area contributed by atoms with E-state index in [2.05, 4.69) is 6.92 Å². The van der Waals surface area contributed by atoms with Gasteiger partial charge in [-0.3, -0.25) is 0 Å². The third-order valence-corrected chi connectivity index (χ3v) is 2.52. The van der Waals surface area contributed by atoms with Crippen molar-refractivity contribution in [2.24, 2.45) is 0 Å². The number of aliphatic hydroxyl groups is 1. The second-order valence-corrected chi connectivity index (χ2v) is 4.20. The van der Waals surface area contributed by atoms with Crippen LogP contribution in [0.3, 0.4) is 0 Å². The van der Waals surface area contributed by atoms with E-state index >= 15 is 0 Å². The molecule has 0 saturated heterocycles. The summed E-state index contributed by atoms with van der Waals surface area (Å²) in [4.78, 5) is 2.03. The van der Waals surface area contributed by atoms with Gasteiger partial charge in [-0.15, -0.1) is 0 Å². The van der Waals surface area contributed by atoms with Crippen molar-refractivity contribution in [2.45, 2.75) is 13.3 Å². The molecule has 0 saturated carbocycles. The van der Waals surface area contributed by atoms with Gasteiger partial charge in [0.25, 0.3) is 0 Å². The molecule has 0 aromatic heterocycles. The van der Waals surface area contributed by atoms with Crippen LogP contribution in [0.25, 0.3) is 0 Å². The highest BCUT2D eigenvalue weighted by molar-refractivity contribution is 5.31. The quantitative estimate of drug-likeness (QED) is 0.728. The number of aliphatic hydroxyl groups excluding tert-OH is 1. The van der Waals surface area contributed by atoms with Crippen LogP contribution in [-0.4, -0.2) is 50.0 Å². The van der Waals surface area contributed by atoms with E-state index in [1.807, 2.05) is 36.2 Å². The molecule has 18 heavy (non-hydrogen) atoms. The fourth-order valence-corrected chi connectivity index (χ4v) is 1.45. The number of benzene rings is 1. The Morgan fingerprint density at radius 3 is 2.06 bits per heavy atom. The normalized spacial score (nSPS) is 10.7. The standard InChI is InChI=1S/C14H23NO3/c1-3-11-17-13-4-6-14(7-5-13)18-12-9-15(2)8-10-16/h4-7,16H,3,8-12H2,1-2H3. The molecule has 1 aromatic rings. The van der Waals surface area contributed by atoms with Crippen molar-refractivity contribution in [3.63, 3.8) is 0 Å². The minimum atomic E-state index is 0.181. The van der Waals surface area contributed by atoms with Crippen molar-refractivity contribution in [1.82, 2.24) is 4.90 Å². The van der Waals surface area contributed by atoms with Crippen LogP contribution in [0.4, 0.5) is 0 Å². The van der Waals surface area contributed by atoms with E-state index in [-0.39, 0.29) is 6.61 Å². The van der Waals surface area contributed by atoms with Gasteiger partial charge in [0.2, 0.25) is 0 Å². The lowest BCUT2D eigenvalue weighted by Crippen LogP contribution is -2.27. The highest BCUT2D eigenvalue weighted by Crippen LogP contribution is 2.17. The first-order valence-corrected chi connectivity index (χ1v) is 6.41. The van der Waals surface area contributed by atoms with Crippen molar-refractivity contribution >= 4 is 0 Å². The number of likely N-dealkylation sites (N-methyl/N-ethyl adjacent to an activating group) is 1. The Hall–Kier alpha value is -1.26. The Kier molecular flexibility index (Phi) is 7.22. The summed E-state index contributed by atoms with van der Waals surface area (Å²) in [7, 11) is 1.96. The van der Waals surface area contributed by atoms with E-state index in [0.29, 0.717) is 13.2 Å². The topological polar surface area (TPSA) is 41.9 Å². The average Bonchev–Trinajstić information content (AvgIpc) is 2.38. The molecule has 0 fully saturated rings. The molecule has 4 nitrogen and oxygen atoms in total. The van der Waals surface area contributed by atoms with Gasteiger partial charge in [-0.2, -0.15) is 0 Å². The van der Waals surface area contributed by atoms with Crippen molar-refractivity contribution in [2.75, 3.05) is 40.0 Å². The van der Waals surface area contributed by atoms with Gasteiger partial charge in [-0.25, -0.2) is 0 Å². The van der Waals surface area contributed by atoms with E-state index < -0.39 is 0 Å². The van der Waals surface area contributed by atoms with Gasteiger partial charge in [-0.05, 0) is 37.7 Å². The summed E-state index contributed by atoms with van der Waals surface area (Å²) in [6.45, 7) is 5.10. The number of hydrogen-bond acceptors (Lipinski definition) is 4. The Labute approximate surface area is 109 Å². The van der Waals surface area contributed by atoms with Gasteiger partial charge >= 0.3 is 0 Å². The maximum absolute atomic E-state index is 8.76. The maximum atomic E-state index is 8.76. The van der Waals surface area contributed by atoms with Crippen LogP contribution >= 0.6 is 0 Å². The lowest BCUT2D eigenvalue weighted by Gasteiger charge is -2.15. The minimum absolute atomic E-state index is 0.181. The van der Waals surface area contributed by atoms with Crippen molar-refractivity contribution in [3.05, 3.63) is 24.3 Å². The summed E-state index contributed by atoms with van der Waals surface area (Å²) in [6.07, 6.45) is 1.01. The fraction of sp³-hybridized carbons (Fsp3) is 0.571. The van der Waals surface area contributed by atoms with Crippen LogP contribution < -0.4 is 9.47 Å². The molecule has 0 aliphatic rings. The molecular formula is C14H23NO3. The summed E-state index contributed by atoms with van der Waals surface area (Å²) >= 11 is 0. The fourth-order valence-electron chi connectivity index (χ4n) is 1.45. The lowest BCUT2D eigenvalue weighted by atomic mass is 10.3. The smallest absolute Gasteiger partial charge is 0.119 e. The molecule has 0 amide bonds. The molecule has 0 aliphatic heterocycles. The predicted molar refractivity (Wildman–Crippen MR) is 72.3 cm³/mol. The molecule has 1 rings (SSSR count). The monoisotopic (exact) mass is 253 g/mol. The summed E-state index contributed by atoms with van der Waals surface area (Å²) in [6, 6.07) is 7.67. The Morgan fingerprint density at radius 1 is 1.00 bits per heavy atom. The number of rotatable bonds is 9. The SMILES string of the molecule is CCCOc1ccc(OCCN(C)CCO)cc1. The zero-order valence-electron chi connectivity index (χ0n) is 11.3. The zero-order chi connectivity index (χ0) is 13.2. The summed E-state index contributed by atoms with van der Waals surface area (Å²) in [5, 5.41) is 8.76. The molecule has 0 heterocycles. The highest BCUT2D eigenvalue weighted by Gasteiger charge is 1.99. The summed E-state index contributed by atoms with van der Waals surface area (Å²) in [5.74, 6) is 1.72. The first kappa shape index (κ1) is 14.8. The largest absolute Gasteiger partial charge is 0.494 e. The summed E-state index contributed by atoms with van der Waals surface area (Å²) < 4.78 is 11.1. The Bertz CT molecular complexity index is 313. The Morgan fingerprint density at radius 2 is 1.56 bits per heavy atom. The first-order valence-electron chi connectivity index (χ1n) is 6.41. The molecule has 4 heteroatoms. The molecule has 1 aromatic carbocycles. The Balaban J connectivity index is 2.26. The molecular weight excluding hydrogens is 230 g/mol. The van der Waals surface area contributed by atoms with Crippen LogP contribution in [0.5, 0.6) is 11.5 Å². The van der Waals surface area contributed by atoms with E-state index in [1.54, 1.807) is 0 Å². The first-order chi connectivity index (χ1) is 8.76. The average molecular weight is 253 g/mol. The van der Waals surface area contributed by atoms with Crippen LogP contribution in [-0.2, 0) is 0 Å². The van der Waals surface area contributed by atoms with Crippen molar-refractivity contribution in [3.8, 4) is 11.5 Å². The van der Waals surface area contributed by atoms with Crippen LogP contribution in [0.15, 0.2) is 24.3 Å². The third kappa shape index (κ3) is 5.89. The van der Waals surface area contributed by atoms with Crippen LogP contribution in [0, 0.1) is 0 Å². The molecule has 0 bridgehead atoms. The molecule has 0 atom stereocenters. The van der Waals surface area contributed by atoms with E-state index in [4.69, 9.17) is 14.6 Å². The van der Waals surface area contributed by atoms with Gasteiger partial charge in [0.15, 0.2) is 0 Å². The van der Waals surface area contributed by atoms with Crippen molar-refractivity contribution in [1.29, 1.82) is 0 Å². The van der Waals surface area contributed by atoms with E-state index in [1.165, 1.54) is 0 Å². The van der Waals surface area contributed by atoms with Gasteiger partial charge in [-0.1, -0.05) is 6.92 Å². The highest BCUT2D eigenvalue weighted by atomic mass is 16.5. The number of hydrogen-bond donors (Lipinski definition) is 1.